The van der Waals surface area contributed by atoms with Crippen LogP contribution in [-0.4, -0.2) is 83.7 Å². The first-order valence-electron chi connectivity index (χ1n) is 9.91. The Morgan fingerprint density at radius 2 is 1.79 bits per heavy atom. The highest BCUT2D eigenvalue weighted by Crippen LogP contribution is 2.27. The summed E-state index contributed by atoms with van der Waals surface area (Å²) in [6.07, 6.45) is 2.28. The van der Waals surface area contributed by atoms with Crippen molar-refractivity contribution in [3.8, 4) is 17.1 Å². The molecule has 0 spiro atoms. The van der Waals surface area contributed by atoms with Crippen LogP contribution < -0.4 is 4.74 Å². The maximum Gasteiger partial charge on any atom is 0.241 e. The van der Waals surface area contributed by atoms with Crippen molar-refractivity contribution in [1.29, 1.82) is 0 Å². The standard InChI is InChI=1S/C20H27N5O3/c1-27-17-7-3-2-6-16(17)20-21-18(28-22-20)14-23-10-12-24(13-11-23)15-19(26)25-8-4-5-9-25/h2-3,6-7H,4-5,8-15H2,1H3. The van der Waals surface area contributed by atoms with E-state index in [2.05, 4.69) is 19.9 Å². The molecule has 0 radical (unpaired) electrons. The quantitative estimate of drug-likeness (QED) is 0.746. The van der Waals surface area contributed by atoms with Gasteiger partial charge in [-0.2, -0.15) is 4.98 Å². The van der Waals surface area contributed by atoms with Crippen molar-refractivity contribution in [1.82, 2.24) is 24.8 Å². The van der Waals surface area contributed by atoms with E-state index in [-0.39, 0.29) is 5.91 Å². The summed E-state index contributed by atoms with van der Waals surface area (Å²) in [6.45, 7) is 6.54. The summed E-state index contributed by atoms with van der Waals surface area (Å²) < 4.78 is 10.8. The van der Waals surface area contributed by atoms with E-state index in [0.29, 0.717) is 24.8 Å². The largest absolute Gasteiger partial charge is 0.496 e. The molecule has 0 bridgehead atoms. The summed E-state index contributed by atoms with van der Waals surface area (Å²) in [5.74, 6) is 2.14. The van der Waals surface area contributed by atoms with Crippen LogP contribution in [0.4, 0.5) is 0 Å². The molecule has 0 N–H and O–H groups in total. The minimum atomic E-state index is 0.268. The van der Waals surface area contributed by atoms with Gasteiger partial charge in [-0.25, -0.2) is 0 Å². The van der Waals surface area contributed by atoms with Crippen LogP contribution in [0.2, 0.25) is 0 Å². The van der Waals surface area contributed by atoms with Crippen LogP contribution in [-0.2, 0) is 11.3 Å². The number of ether oxygens (including phenoxy) is 1. The SMILES string of the molecule is COc1ccccc1-c1noc(CN2CCN(CC(=O)N3CCCC3)CC2)n1. The highest BCUT2D eigenvalue weighted by Gasteiger charge is 2.24. The second-order valence-corrected chi connectivity index (χ2v) is 7.35. The Morgan fingerprint density at radius 3 is 2.54 bits per heavy atom. The highest BCUT2D eigenvalue weighted by atomic mass is 16.5. The van der Waals surface area contributed by atoms with Gasteiger partial charge in [0.15, 0.2) is 0 Å². The number of nitrogens with zero attached hydrogens (tertiary/aromatic N) is 5. The molecule has 2 aliphatic rings. The number of likely N-dealkylation sites (tertiary alicyclic amines) is 1. The van der Waals surface area contributed by atoms with Crippen molar-refractivity contribution < 1.29 is 14.1 Å². The number of carbonyl (C=O) groups excluding carboxylic acids is 1. The molecule has 2 saturated heterocycles. The van der Waals surface area contributed by atoms with Crippen LogP contribution in [0, 0.1) is 0 Å². The molecule has 1 amide bonds. The molecule has 4 rings (SSSR count). The molecule has 0 atom stereocenters. The van der Waals surface area contributed by atoms with Crippen LogP contribution in [0.25, 0.3) is 11.4 Å². The number of benzene rings is 1. The lowest BCUT2D eigenvalue weighted by Gasteiger charge is -2.34. The lowest BCUT2D eigenvalue weighted by molar-refractivity contribution is -0.131. The van der Waals surface area contributed by atoms with E-state index < -0.39 is 0 Å². The fourth-order valence-electron chi connectivity index (χ4n) is 3.81. The fourth-order valence-corrected chi connectivity index (χ4v) is 3.81. The molecule has 1 aromatic carbocycles. The van der Waals surface area contributed by atoms with E-state index >= 15 is 0 Å². The zero-order chi connectivity index (χ0) is 19.3. The Morgan fingerprint density at radius 1 is 1.07 bits per heavy atom. The molecule has 150 valence electrons. The maximum atomic E-state index is 12.3. The van der Waals surface area contributed by atoms with Crippen molar-refractivity contribution in [3.05, 3.63) is 30.2 Å². The molecule has 2 aliphatic heterocycles. The molecule has 8 nitrogen and oxygen atoms in total. The maximum absolute atomic E-state index is 12.3. The molecular formula is C20H27N5O3. The third kappa shape index (κ3) is 4.34. The summed E-state index contributed by atoms with van der Waals surface area (Å²) in [6, 6.07) is 7.64. The summed E-state index contributed by atoms with van der Waals surface area (Å²) in [5, 5.41) is 4.11. The monoisotopic (exact) mass is 385 g/mol. The van der Waals surface area contributed by atoms with Crippen molar-refractivity contribution in [3.63, 3.8) is 0 Å². The third-order valence-corrected chi connectivity index (χ3v) is 5.46. The molecule has 0 saturated carbocycles. The van der Waals surface area contributed by atoms with E-state index in [1.165, 1.54) is 0 Å². The van der Waals surface area contributed by atoms with Crippen molar-refractivity contribution >= 4 is 5.91 Å². The zero-order valence-electron chi connectivity index (χ0n) is 16.3. The summed E-state index contributed by atoms with van der Waals surface area (Å²) in [7, 11) is 1.63. The van der Waals surface area contributed by atoms with Gasteiger partial charge in [-0.1, -0.05) is 17.3 Å². The molecule has 3 heterocycles. The summed E-state index contributed by atoms with van der Waals surface area (Å²) >= 11 is 0. The van der Waals surface area contributed by atoms with E-state index in [1.54, 1.807) is 7.11 Å². The average molecular weight is 385 g/mol. The first kappa shape index (κ1) is 18.9. The van der Waals surface area contributed by atoms with Gasteiger partial charge in [-0.3, -0.25) is 14.6 Å². The third-order valence-electron chi connectivity index (χ3n) is 5.46. The Hall–Kier alpha value is -2.45. The smallest absolute Gasteiger partial charge is 0.241 e. The molecular weight excluding hydrogens is 358 g/mol. The van der Waals surface area contributed by atoms with Gasteiger partial charge in [0.05, 0.1) is 25.8 Å². The summed E-state index contributed by atoms with van der Waals surface area (Å²) in [4.78, 5) is 23.4. The van der Waals surface area contributed by atoms with Gasteiger partial charge in [0.1, 0.15) is 5.75 Å². The number of para-hydroxylation sites is 1. The number of carbonyl (C=O) groups is 1. The first-order valence-corrected chi connectivity index (χ1v) is 9.91. The van der Waals surface area contributed by atoms with E-state index in [4.69, 9.17) is 9.26 Å². The van der Waals surface area contributed by atoms with Gasteiger partial charge in [-0.15, -0.1) is 0 Å². The van der Waals surface area contributed by atoms with E-state index in [0.717, 1.165) is 63.4 Å². The number of aromatic nitrogens is 2. The minimum absolute atomic E-state index is 0.268. The number of hydrogen-bond acceptors (Lipinski definition) is 7. The number of rotatable bonds is 6. The molecule has 28 heavy (non-hydrogen) atoms. The lowest BCUT2D eigenvalue weighted by Crippen LogP contribution is -2.49. The Balaban J connectivity index is 1.28. The second-order valence-electron chi connectivity index (χ2n) is 7.35. The first-order chi connectivity index (χ1) is 13.7. The van der Waals surface area contributed by atoms with E-state index in [9.17, 15) is 4.79 Å². The van der Waals surface area contributed by atoms with Crippen LogP contribution in [0.15, 0.2) is 28.8 Å². The van der Waals surface area contributed by atoms with Gasteiger partial charge in [0.25, 0.3) is 0 Å². The minimum Gasteiger partial charge on any atom is -0.496 e. The Labute approximate surface area is 165 Å². The number of hydrogen-bond donors (Lipinski definition) is 0. The van der Waals surface area contributed by atoms with Gasteiger partial charge in [0, 0.05) is 39.3 Å². The molecule has 0 aliphatic carbocycles. The highest BCUT2D eigenvalue weighted by molar-refractivity contribution is 5.78. The normalized spacial score (nSPS) is 18.5. The van der Waals surface area contributed by atoms with Crippen LogP contribution in [0.3, 0.4) is 0 Å². The molecule has 8 heteroatoms. The predicted octanol–water partition coefficient (Wildman–Crippen LogP) is 1.49. The predicted molar refractivity (Wildman–Crippen MR) is 104 cm³/mol. The number of amides is 1. The summed E-state index contributed by atoms with van der Waals surface area (Å²) in [5.41, 5.74) is 0.824. The topological polar surface area (TPSA) is 74.9 Å². The van der Waals surface area contributed by atoms with Crippen LogP contribution in [0.1, 0.15) is 18.7 Å². The van der Waals surface area contributed by atoms with Crippen molar-refractivity contribution in [2.24, 2.45) is 0 Å². The fraction of sp³-hybridized carbons (Fsp3) is 0.550. The molecule has 0 unspecified atom stereocenters. The molecule has 1 aromatic heterocycles. The van der Waals surface area contributed by atoms with Gasteiger partial charge in [0.2, 0.25) is 17.6 Å². The number of methoxy groups -OCH3 is 1. The average Bonchev–Trinajstić information content (AvgIpc) is 3.42. The van der Waals surface area contributed by atoms with Gasteiger partial charge in [-0.05, 0) is 25.0 Å². The lowest BCUT2D eigenvalue weighted by atomic mass is 10.2. The number of piperazine rings is 1. The van der Waals surface area contributed by atoms with Gasteiger partial charge < -0.3 is 14.2 Å². The van der Waals surface area contributed by atoms with Crippen molar-refractivity contribution in [2.75, 3.05) is 52.9 Å². The van der Waals surface area contributed by atoms with Gasteiger partial charge >= 0.3 is 0 Å². The van der Waals surface area contributed by atoms with Crippen molar-refractivity contribution in [2.45, 2.75) is 19.4 Å². The second kappa shape index (κ2) is 8.70. The Bertz CT molecular complexity index is 795. The zero-order valence-corrected chi connectivity index (χ0v) is 16.3. The van der Waals surface area contributed by atoms with E-state index in [1.807, 2.05) is 29.2 Å². The molecule has 2 fully saturated rings. The van der Waals surface area contributed by atoms with Crippen LogP contribution >= 0.6 is 0 Å². The van der Waals surface area contributed by atoms with Crippen LogP contribution in [0.5, 0.6) is 5.75 Å². The Kier molecular flexibility index (Phi) is 5.87. The molecule has 2 aromatic rings.